The minimum absolute atomic E-state index is 0.571. The second kappa shape index (κ2) is 3.42. The molecule has 3 rings (SSSR count). The Labute approximate surface area is 96.7 Å². The number of fused-ring (bicyclic) bond motifs is 1. The normalized spacial score (nSPS) is 10.6. The van der Waals surface area contributed by atoms with Crippen molar-refractivity contribution in [3.63, 3.8) is 0 Å². The molecule has 0 N–H and O–H groups in total. The third kappa shape index (κ3) is 1.37. The van der Waals surface area contributed by atoms with Gasteiger partial charge in [0.25, 0.3) is 0 Å². The van der Waals surface area contributed by atoms with Crippen LogP contribution in [-0.4, -0.2) is 24.4 Å². The summed E-state index contributed by atoms with van der Waals surface area (Å²) in [5, 5.41) is 21.1. The van der Waals surface area contributed by atoms with Gasteiger partial charge in [-0.15, -0.1) is 10.2 Å². The van der Waals surface area contributed by atoms with Crippen molar-refractivity contribution >= 4 is 5.65 Å². The number of hydrogen-bond donors (Lipinski definition) is 0. The number of aryl methyl sites for hydroxylation is 1. The predicted molar refractivity (Wildman–Crippen MR) is 59.9 cm³/mol. The average molecular weight is 224 g/mol. The van der Waals surface area contributed by atoms with Gasteiger partial charge < -0.3 is 0 Å². The Kier molecular flexibility index (Phi) is 1.92. The molecule has 0 unspecified atom stereocenters. The summed E-state index contributed by atoms with van der Waals surface area (Å²) in [4.78, 5) is 0. The molecule has 0 aliphatic rings. The highest BCUT2D eigenvalue weighted by Crippen LogP contribution is 2.17. The Hall–Kier alpha value is -2.68. The lowest BCUT2D eigenvalue weighted by molar-refractivity contribution is 0.768. The van der Waals surface area contributed by atoms with Crippen LogP contribution in [0.4, 0.5) is 0 Å². The molecule has 0 spiro atoms. The van der Waals surface area contributed by atoms with Crippen molar-refractivity contribution in [3.8, 4) is 17.6 Å². The van der Waals surface area contributed by atoms with Crippen LogP contribution in [0.3, 0.4) is 0 Å². The van der Waals surface area contributed by atoms with E-state index in [0.717, 1.165) is 5.69 Å². The second-order valence-corrected chi connectivity index (χ2v) is 3.62. The second-order valence-electron chi connectivity index (χ2n) is 3.62. The lowest BCUT2D eigenvalue weighted by Crippen LogP contribution is -1.97. The molecule has 0 radical (unpaired) electrons. The molecule has 6 nitrogen and oxygen atoms in total. The van der Waals surface area contributed by atoms with Crippen molar-refractivity contribution in [1.29, 1.82) is 5.26 Å². The van der Waals surface area contributed by atoms with E-state index in [9.17, 15) is 0 Å². The zero-order valence-corrected chi connectivity index (χ0v) is 9.07. The summed E-state index contributed by atoms with van der Waals surface area (Å²) in [5.41, 5.74) is 2.10. The molecule has 0 fully saturated rings. The van der Waals surface area contributed by atoms with Gasteiger partial charge in [-0.05, 0) is 12.1 Å². The van der Waals surface area contributed by atoms with E-state index in [1.54, 1.807) is 29.2 Å². The predicted octanol–water partition coefficient (Wildman–Crippen LogP) is 1.00. The Bertz CT molecular complexity index is 730. The van der Waals surface area contributed by atoms with Crippen molar-refractivity contribution < 1.29 is 0 Å². The molecule has 0 aromatic carbocycles. The maximum absolute atomic E-state index is 8.81. The number of nitriles is 1. The van der Waals surface area contributed by atoms with E-state index in [0.29, 0.717) is 17.0 Å². The summed E-state index contributed by atoms with van der Waals surface area (Å²) in [5.74, 6) is 0.712. The summed E-state index contributed by atoms with van der Waals surface area (Å²) in [7, 11) is 1.85. The number of aromatic nitrogens is 5. The van der Waals surface area contributed by atoms with Gasteiger partial charge >= 0.3 is 0 Å². The van der Waals surface area contributed by atoms with Gasteiger partial charge in [0.2, 0.25) is 0 Å². The highest BCUT2D eigenvalue weighted by molar-refractivity contribution is 5.57. The molecule has 0 saturated carbocycles. The summed E-state index contributed by atoms with van der Waals surface area (Å²) in [6.07, 6.45) is 3.50. The van der Waals surface area contributed by atoms with E-state index in [1.807, 2.05) is 17.5 Å². The molecule has 3 aromatic heterocycles. The van der Waals surface area contributed by atoms with Crippen molar-refractivity contribution in [2.75, 3.05) is 0 Å². The fourth-order valence-corrected chi connectivity index (χ4v) is 1.73. The van der Waals surface area contributed by atoms with Crippen LogP contribution in [0.25, 0.3) is 17.2 Å². The van der Waals surface area contributed by atoms with Gasteiger partial charge in [-0.25, -0.2) is 0 Å². The van der Waals surface area contributed by atoms with Crippen LogP contribution in [-0.2, 0) is 7.05 Å². The molecule has 6 heteroatoms. The molecule has 0 saturated heterocycles. The van der Waals surface area contributed by atoms with Crippen LogP contribution >= 0.6 is 0 Å². The summed E-state index contributed by atoms with van der Waals surface area (Å²) >= 11 is 0. The number of rotatable bonds is 1. The Morgan fingerprint density at radius 3 is 2.88 bits per heavy atom. The smallest absolute Gasteiger partial charge is 0.186 e. The topological polar surface area (TPSA) is 71.8 Å². The standard InChI is InChI=1S/C11H8N6/c1-16-9(2-4-13-16)11-15-14-10-6-8(7-12)3-5-17(10)11/h2-6H,1H3. The molecule has 0 bridgehead atoms. The van der Waals surface area contributed by atoms with Crippen molar-refractivity contribution in [3.05, 3.63) is 36.2 Å². The molecule has 3 heterocycles. The quantitative estimate of drug-likeness (QED) is 0.618. The van der Waals surface area contributed by atoms with Crippen LogP contribution in [0.15, 0.2) is 30.6 Å². The third-order valence-corrected chi connectivity index (χ3v) is 2.59. The SMILES string of the molecule is Cn1nccc1-c1nnc2cc(C#N)ccn12. The van der Waals surface area contributed by atoms with Crippen LogP contribution in [0.2, 0.25) is 0 Å². The van der Waals surface area contributed by atoms with E-state index in [-0.39, 0.29) is 0 Å². The zero-order chi connectivity index (χ0) is 11.8. The monoisotopic (exact) mass is 224 g/mol. The van der Waals surface area contributed by atoms with Crippen LogP contribution in [0.5, 0.6) is 0 Å². The molecular weight excluding hydrogens is 216 g/mol. The number of pyridine rings is 1. The van der Waals surface area contributed by atoms with E-state index < -0.39 is 0 Å². The van der Waals surface area contributed by atoms with Gasteiger partial charge in [0.15, 0.2) is 11.5 Å². The first-order valence-corrected chi connectivity index (χ1v) is 5.03. The first-order chi connectivity index (χ1) is 8.29. The van der Waals surface area contributed by atoms with E-state index in [1.165, 1.54) is 0 Å². The van der Waals surface area contributed by atoms with Crippen molar-refractivity contribution in [2.45, 2.75) is 0 Å². The van der Waals surface area contributed by atoms with Gasteiger partial charge in [0.05, 0.1) is 11.6 Å². The van der Waals surface area contributed by atoms with Gasteiger partial charge in [-0.3, -0.25) is 9.08 Å². The molecule has 17 heavy (non-hydrogen) atoms. The number of hydrogen-bond acceptors (Lipinski definition) is 4. The molecule has 3 aromatic rings. The molecule has 0 atom stereocenters. The Balaban J connectivity index is 2.27. The highest BCUT2D eigenvalue weighted by Gasteiger charge is 2.11. The Morgan fingerprint density at radius 1 is 1.29 bits per heavy atom. The molecule has 0 amide bonds. The minimum Gasteiger partial charge on any atom is -0.281 e. The van der Waals surface area contributed by atoms with E-state index >= 15 is 0 Å². The molecule has 0 aliphatic carbocycles. The maximum Gasteiger partial charge on any atom is 0.186 e. The fraction of sp³-hybridized carbons (Fsp3) is 0.0909. The summed E-state index contributed by atoms with van der Waals surface area (Å²) in [6, 6.07) is 7.38. The lowest BCUT2D eigenvalue weighted by Gasteiger charge is -1.99. The molecular formula is C11H8N6. The first-order valence-electron chi connectivity index (χ1n) is 5.03. The van der Waals surface area contributed by atoms with Crippen molar-refractivity contribution in [2.24, 2.45) is 7.05 Å². The van der Waals surface area contributed by atoms with E-state index in [2.05, 4.69) is 21.4 Å². The minimum atomic E-state index is 0.571. The van der Waals surface area contributed by atoms with Crippen LogP contribution in [0, 0.1) is 11.3 Å². The average Bonchev–Trinajstić information content (AvgIpc) is 2.94. The molecule has 82 valence electrons. The van der Waals surface area contributed by atoms with Gasteiger partial charge in [0.1, 0.15) is 5.69 Å². The molecule has 0 aliphatic heterocycles. The van der Waals surface area contributed by atoms with Crippen LogP contribution < -0.4 is 0 Å². The Morgan fingerprint density at radius 2 is 2.18 bits per heavy atom. The highest BCUT2D eigenvalue weighted by atomic mass is 15.3. The van der Waals surface area contributed by atoms with Crippen molar-refractivity contribution in [1.82, 2.24) is 24.4 Å². The maximum atomic E-state index is 8.81. The summed E-state index contributed by atoms with van der Waals surface area (Å²) in [6.45, 7) is 0. The third-order valence-electron chi connectivity index (χ3n) is 2.59. The van der Waals surface area contributed by atoms with E-state index in [4.69, 9.17) is 5.26 Å². The lowest BCUT2D eigenvalue weighted by atomic mass is 10.3. The summed E-state index contributed by atoms with van der Waals surface area (Å²) < 4.78 is 3.56. The zero-order valence-electron chi connectivity index (χ0n) is 9.07. The first kappa shape index (κ1) is 9.54. The fourth-order valence-electron chi connectivity index (χ4n) is 1.73. The van der Waals surface area contributed by atoms with Crippen LogP contribution in [0.1, 0.15) is 5.56 Å². The van der Waals surface area contributed by atoms with Gasteiger partial charge in [-0.2, -0.15) is 10.4 Å². The van der Waals surface area contributed by atoms with Gasteiger partial charge in [-0.1, -0.05) is 0 Å². The number of nitrogens with zero attached hydrogens (tertiary/aromatic N) is 6. The van der Waals surface area contributed by atoms with Gasteiger partial charge in [0, 0.05) is 25.5 Å². The largest absolute Gasteiger partial charge is 0.281 e.